The monoisotopic (exact) mass is 813 g/mol. The number of carboxylic acid groups (broad SMARTS) is 1. The van der Waals surface area contributed by atoms with E-state index in [4.69, 9.17) is 4.74 Å². The van der Waals surface area contributed by atoms with Crippen molar-refractivity contribution in [2.24, 2.45) is 0 Å². The standard InChI is InChI=1S/C44H48N2O9S2/c1-6-46-38-28-40-35(27-34(38)30(2)29-43(46,3)4)32(25-39(55-40)31-15-9-7-10-16-31)17-11-8-12-18-41-44(5,22-13-19-42(47)48)36-26-33(57(52,53)54)20-21-37(36)45(41)23-14-24-56(49,50)51/h7-12,15-18,20-21,25-29H,6,13-14,19,22-24H2,1-5H3,(H2-,47,48,49,50,51,52,53,54)/p+1. The lowest BCUT2D eigenvalue weighted by Crippen LogP contribution is -2.44. The molecule has 1 unspecified atom stereocenters. The molecule has 0 fully saturated rings. The quantitative estimate of drug-likeness (QED) is 0.0818. The number of fused-ring (bicyclic) bond motifs is 3. The number of aliphatic carboxylic acids is 1. The molecule has 6 rings (SSSR count). The van der Waals surface area contributed by atoms with E-state index in [0.29, 0.717) is 29.1 Å². The Bertz CT molecular complexity index is 2510. The summed E-state index contributed by atoms with van der Waals surface area (Å²) in [6.07, 6.45) is 14.3. The van der Waals surface area contributed by atoms with Crippen LogP contribution >= 0.6 is 0 Å². The van der Waals surface area contributed by atoms with Crippen molar-refractivity contribution in [1.82, 2.24) is 0 Å². The van der Waals surface area contributed by atoms with E-state index in [1.165, 1.54) is 17.7 Å². The van der Waals surface area contributed by atoms with Crippen LogP contribution in [0.3, 0.4) is 0 Å². The van der Waals surface area contributed by atoms with Gasteiger partial charge in [-0.1, -0.05) is 60.7 Å². The zero-order chi connectivity index (χ0) is 41.3. The topological polar surface area (TPSA) is 162 Å². The third kappa shape index (κ3) is 8.91. The number of nitrogens with zero attached hydrogens (tertiary/aromatic N) is 2. The molecule has 300 valence electrons. The smallest absolute Gasteiger partial charge is 0.303 e. The van der Waals surface area contributed by atoms with Crippen molar-refractivity contribution >= 4 is 60.2 Å². The van der Waals surface area contributed by atoms with Crippen LogP contribution in [0.4, 0.5) is 11.4 Å². The highest BCUT2D eigenvalue weighted by molar-refractivity contribution is 7.86. The van der Waals surface area contributed by atoms with Gasteiger partial charge in [0.15, 0.2) is 5.71 Å². The molecule has 0 radical (unpaired) electrons. The van der Waals surface area contributed by atoms with Crippen molar-refractivity contribution in [3.63, 3.8) is 0 Å². The molecule has 3 aromatic rings. The van der Waals surface area contributed by atoms with E-state index in [0.717, 1.165) is 40.2 Å². The van der Waals surface area contributed by atoms with Crippen LogP contribution in [0.5, 0.6) is 5.75 Å². The van der Waals surface area contributed by atoms with Crippen molar-refractivity contribution in [3.05, 3.63) is 125 Å². The highest BCUT2D eigenvalue weighted by Crippen LogP contribution is 2.47. The Morgan fingerprint density at radius 3 is 2.33 bits per heavy atom. The van der Waals surface area contributed by atoms with E-state index < -0.39 is 37.4 Å². The average Bonchev–Trinajstić information content (AvgIpc) is 3.35. The highest BCUT2D eigenvalue weighted by Gasteiger charge is 2.48. The molecule has 0 spiro atoms. The van der Waals surface area contributed by atoms with E-state index in [-0.39, 0.29) is 36.2 Å². The number of anilines is 1. The molecule has 3 aliphatic heterocycles. The Balaban J connectivity index is 1.42. The Morgan fingerprint density at radius 2 is 1.67 bits per heavy atom. The van der Waals surface area contributed by atoms with Crippen molar-refractivity contribution in [2.45, 2.75) is 76.2 Å². The molecular weight excluding hydrogens is 765 g/mol. The first-order valence-electron chi connectivity index (χ1n) is 18.9. The fourth-order valence-corrected chi connectivity index (χ4v) is 9.31. The molecule has 3 N–H and O–H groups in total. The third-order valence-corrected chi connectivity index (χ3v) is 12.5. The van der Waals surface area contributed by atoms with E-state index in [1.54, 1.807) is 6.07 Å². The summed E-state index contributed by atoms with van der Waals surface area (Å²) in [5, 5.41) is 9.44. The molecule has 13 heteroatoms. The number of allylic oxidation sites excluding steroid dienone is 8. The van der Waals surface area contributed by atoms with Crippen molar-refractivity contribution in [1.29, 1.82) is 0 Å². The van der Waals surface area contributed by atoms with Gasteiger partial charge < -0.3 is 14.7 Å². The molecule has 0 aromatic heterocycles. The molecular formula is C44H49N2O9S2+. The zero-order valence-electron chi connectivity index (χ0n) is 32.8. The predicted octanol–water partition coefficient (Wildman–Crippen LogP) is 8.47. The number of hydrogen-bond acceptors (Lipinski definition) is 7. The van der Waals surface area contributed by atoms with Gasteiger partial charge in [-0.2, -0.15) is 21.4 Å². The summed E-state index contributed by atoms with van der Waals surface area (Å²) in [5.74, 6) is -0.00213. The first-order chi connectivity index (χ1) is 26.8. The predicted molar refractivity (Wildman–Crippen MR) is 224 cm³/mol. The maximum atomic E-state index is 12.2. The third-order valence-electron chi connectivity index (χ3n) is 10.9. The van der Waals surface area contributed by atoms with Crippen LogP contribution in [0.2, 0.25) is 0 Å². The van der Waals surface area contributed by atoms with Crippen LogP contribution in [-0.4, -0.2) is 71.7 Å². The number of ether oxygens (including phenoxy) is 1. The number of carboxylic acids is 1. The molecule has 0 amide bonds. The molecule has 1 atom stereocenters. The number of rotatable bonds is 14. The molecule has 0 bridgehead atoms. The van der Waals surface area contributed by atoms with Crippen LogP contribution in [0.1, 0.15) is 82.6 Å². The maximum Gasteiger partial charge on any atom is 0.303 e. The van der Waals surface area contributed by atoms with Crippen molar-refractivity contribution < 1.29 is 45.2 Å². The minimum Gasteiger partial charge on any atom is -0.481 e. The number of carbonyl (C=O) groups is 1. The van der Waals surface area contributed by atoms with E-state index in [1.807, 2.05) is 78.3 Å². The SMILES string of the molecule is CCN1c2cc3c(cc2C(C)=CC1(C)C)/C(=C/C=C/C=C/C1=[N+](CCCS(=O)(=O)O)c2ccc(S(=O)(=O)O)cc2C1(C)CCCC(=O)O)C=C(c1ccccc1)O3. The van der Waals surface area contributed by atoms with Gasteiger partial charge in [-0.25, -0.2) is 0 Å². The molecule has 3 heterocycles. The van der Waals surface area contributed by atoms with Gasteiger partial charge in [-0.05, 0) is 82.9 Å². The fraction of sp³-hybridized carbons (Fsp3) is 0.318. The summed E-state index contributed by atoms with van der Waals surface area (Å²) >= 11 is 0. The van der Waals surface area contributed by atoms with Crippen molar-refractivity contribution in [2.75, 3.05) is 23.7 Å². The summed E-state index contributed by atoms with van der Waals surface area (Å²) in [7, 11) is -8.82. The van der Waals surface area contributed by atoms with E-state index in [9.17, 15) is 35.8 Å². The van der Waals surface area contributed by atoms with Gasteiger partial charge in [0, 0.05) is 65.5 Å². The summed E-state index contributed by atoms with van der Waals surface area (Å²) in [6, 6.07) is 18.4. The minimum atomic E-state index is -4.56. The number of benzene rings is 3. The summed E-state index contributed by atoms with van der Waals surface area (Å²) < 4.78 is 75.5. The lowest BCUT2D eigenvalue weighted by atomic mass is 9.75. The Kier molecular flexibility index (Phi) is 11.7. The minimum absolute atomic E-state index is 0.0618. The normalized spacial score (nSPS) is 19.7. The second-order valence-corrected chi connectivity index (χ2v) is 18.3. The maximum absolute atomic E-state index is 12.2. The van der Waals surface area contributed by atoms with Gasteiger partial charge in [0.25, 0.3) is 20.2 Å². The van der Waals surface area contributed by atoms with Crippen molar-refractivity contribution in [3.8, 4) is 5.75 Å². The molecule has 3 aliphatic rings. The van der Waals surface area contributed by atoms with Crippen LogP contribution in [0.15, 0.2) is 108 Å². The summed E-state index contributed by atoms with van der Waals surface area (Å²) in [6.45, 7) is 11.6. The largest absolute Gasteiger partial charge is 0.481 e. The lowest BCUT2D eigenvalue weighted by molar-refractivity contribution is -0.437. The average molecular weight is 814 g/mol. The van der Waals surface area contributed by atoms with E-state index >= 15 is 0 Å². The van der Waals surface area contributed by atoms with Crippen LogP contribution in [-0.2, 0) is 30.4 Å². The van der Waals surface area contributed by atoms with Gasteiger partial charge in [-0.15, -0.1) is 0 Å². The Labute approximate surface area is 335 Å². The Morgan fingerprint density at radius 1 is 0.930 bits per heavy atom. The highest BCUT2D eigenvalue weighted by atomic mass is 32.2. The summed E-state index contributed by atoms with van der Waals surface area (Å²) in [5.41, 5.74) is 6.99. The fourth-order valence-electron chi connectivity index (χ4n) is 8.31. The molecule has 57 heavy (non-hydrogen) atoms. The van der Waals surface area contributed by atoms with Gasteiger partial charge >= 0.3 is 5.97 Å². The molecule has 11 nitrogen and oxygen atoms in total. The zero-order valence-corrected chi connectivity index (χ0v) is 34.4. The van der Waals surface area contributed by atoms with Crippen LogP contribution < -0.4 is 9.64 Å². The number of likely N-dealkylation sites (N-methyl/N-ethyl adjacent to an activating group) is 1. The second-order valence-electron chi connectivity index (χ2n) is 15.3. The first-order valence-corrected chi connectivity index (χ1v) is 22.0. The molecule has 0 aliphatic carbocycles. The molecule has 0 saturated heterocycles. The first kappa shape index (κ1) is 41.6. The lowest BCUT2D eigenvalue weighted by Gasteiger charge is -2.43. The van der Waals surface area contributed by atoms with E-state index in [2.05, 4.69) is 50.8 Å². The summed E-state index contributed by atoms with van der Waals surface area (Å²) in [4.78, 5) is 13.6. The van der Waals surface area contributed by atoms with Gasteiger partial charge in [-0.3, -0.25) is 13.9 Å². The molecule has 3 aromatic carbocycles. The van der Waals surface area contributed by atoms with Crippen LogP contribution in [0, 0.1) is 0 Å². The van der Waals surface area contributed by atoms with Gasteiger partial charge in [0.05, 0.1) is 21.6 Å². The van der Waals surface area contributed by atoms with Crippen LogP contribution in [0.25, 0.3) is 16.9 Å². The van der Waals surface area contributed by atoms with Gasteiger partial charge in [0.1, 0.15) is 18.1 Å². The Hall–Kier alpha value is -5.08. The number of hydrogen-bond donors (Lipinski definition) is 3. The molecule has 0 saturated carbocycles. The second kappa shape index (κ2) is 16.0. The van der Waals surface area contributed by atoms with Gasteiger partial charge in [0.2, 0.25) is 5.69 Å².